The summed E-state index contributed by atoms with van der Waals surface area (Å²) in [5.74, 6) is -1.34. The lowest BCUT2D eigenvalue weighted by molar-refractivity contribution is 0.102. The molecule has 0 fully saturated rings. The van der Waals surface area contributed by atoms with E-state index in [-0.39, 0.29) is 16.4 Å². The highest BCUT2D eigenvalue weighted by Gasteiger charge is 2.28. The first-order valence-electron chi connectivity index (χ1n) is 8.54. The van der Waals surface area contributed by atoms with Crippen LogP contribution in [0.25, 0.3) is 0 Å². The molecule has 1 heterocycles. The van der Waals surface area contributed by atoms with Gasteiger partial charge in [0.15, 0.2) is 0 Å². The van der Waals surface area contributed by atoms with Gasteiger partial charge in [0.2, 0.25) is 15.2 Å². The van der Waals surface area contributed by atoms with Crippen LogP contribution in [0.3, 0.4) is 0 Å². The van der Waals surface area contributed by atoms with Gasteiger partial charge in [0.1, 0.15) is 10.8 Å². The number of nitrogens with zero attached hydrogens (tertiary/aromatic N) is 2. The fourth-order valence-corrected chi connectivity index (χ4v) is 4.04. The van der Waals surface area contributed by atoms with Crippen LogP contribution in [0.1, 0.15) is 34.8 Å². The molecule has 2 aromatic carbocycles. The smallest absolute Gasteiger partial charge is 0.257 e. The minimum absolute atomic E-state index is 0.0802. The molecule has 152 valence electrons. The van der Waals surface area contributed by atoms with Crippen molar-refractivity contribution < 1.29 is 17.6 Å². The van der Waals surface area contributed by atoms with E-state index in [1.165, 1.54) is 17.4 Å². The van der Waals surface area contributed by atoms with Gasteiger partial charge in [-0.3, -0.25) is 14.8 Å². The number of carbonyl (C=O) groups is 1. The van der Waals surface area contributed by atoms with Crippen LogP contribution in [0.4, 0.5) is 15.2 Å². The van der Waals surface area contributed by atoms with Crippen molar-refractivity contribution >= 4 is 38.1 Å². The molecule has 3 aromatic rings. The van der Waals surface area contributed by atoms with Gasteiger partial charge in [-0.05, 0) is 37.6 Å². The summed E-state index contributed by atoms with van der Waals surface area (Å²) >= 11 is 1.24. The van der Waals surface area contributed by atoms with Gasteiger partial charge in [0.25, 0.3) is 5.91 Å². The van der Waals surface area contributed by atoms with E-state index in [2.05, 4.69) is 15.5 Å². The molecule has 0 aliphatic heterocycles. The Morgan fingerprint density at radius 3 is 2.45 bits per heavy atom. The molecular formula is C19H19FN4O3S2. The van der Waals surface area contributed by atoms with E-state index in [4.69, 9.17) is 0 Å². The lowest BCUT2D eigenvalue weighted by atomic mass is 9.85. The summed E-state index contributed by atoms with van der Waals surface area (Å²) in [6.07, 6.45) is 0.899. The first kappa shape index (κ1) is 20.9. The molecule has 29 heavy (non-hydrogen) atoms. The van der Waals surface area contributed by atoms with E-state index in [9.17, 15) is 17.6 Å². The molecule has 2 N–H and O–H groups in total. The Balaban J connectivity index is 1.80. The van der Waals surface area contributed by atoms with E-state index in [1.807, 2.05) is 48.9 Å². The Bertz CT molecular complexity index is 1150. The lowest BCUT2D eigenvalue weighted by Crippen LogP contribution is -2.18. The van der Waals surface area contributed by atoms with Crippen LogP contribution < -0.4 is 10.0 Å². The van der Waals surface area contributed by atoms with Crippen molar-refractivity contribution in [2.24, 2.45) is 0 Å². The number of anilines is 2. The minimum atomic E-state index is -3.68. The minimum Gasteiger partial charge on any atom is -0.296 e. The summed E-state index contributed by atoms with van der Waals surface area (Å²) in [7, 11) is -3.68. The SMILES string of the molecule is CC(C)(c1ccccc1)c1nnc(NC(=O)c2ccc(F)c(NS(C)(=O)=O)c2)s1. The molecular weight excluding hydrogens is 415 g/mol. The van der Waals surface area contributed by atoms with Crippen LogP contribution in [-0.2, 0) is 15.4 Å². The van der Waals surface area contributed by atoms with Gasteiger partial charge < -0.3 is 0 Å². The fourth-order valence-electron chi connectivity index (χ4n) is 2.62. The second-order valence-corrected chi connectivity index (χ2v) is 9.65. The third kappa shape index (κ3) is 4.96. The van der Waals surface area contributed by atoms with Crippen molar-refractivity contribution in [3.63, 3.8) is 0 Å². The zero-order chi connectivity index (χ0) is 21.2. The summed E-state index contributed by atoms with van der Waals surface area (Å²) in [5, 5.41) is 11.8. The van der Waals surface area contributed by atoms with Gasteiger partial charge in [-0.1, -0.05) is 41.7 Å². The van der Waals surface area contributed by atoms with Crippen molar-refractivity contribution in [3.8, 4) is 0 Å². The monoisotopic (exact) mass is 434 g/mol. The molecule has 0 atom stereocenters. The standard InChI is InChI=1S/C19H19FN4O3S2/c1-19(2,13-7-5-4-6-8-13)17-22-23-18(28-17)21-16(25)12-9-10-14(20)15(11-12)24-29(3,26)27/h4-11,24H,1-3H3,(H,21,23,25). The van der Waals surface area contributed by atoms with Crippen LogP contribution in [0.15, 0.2) is 48.5 Å². The average Bonchev–Trinajstić information content (AvgIpc) is 3.12. The number of hydrogen-bond donors (Lipinski definition) is 2. The Morgan fingerprint density at radius 2 is 1.79 bits per heavy atom. The molecule has 1 aromatic heterocycles. The van der Waals surface area contributed by atoms with E-state index < -0.39 is 27.2 Å². The van der Waals surface area contributed by atoms with Crippen LogP contribution >= 0.6 is 11.3 Å². The van der Waals surface area contributed by atoms with E-state index >= 15 is 0 Å². The van der Waals surface area contributed by atoms with Crippen LogP contribution in [0, 0.1) is 5.82 Å². The van der Waals surface area contributed by atoms with Crippen molar-refractivity contribution in [1.29, 1.82) is 0 Å². The maximum absolute atomic E-state index is 13.8. The van der Waals surface area contributed by atoms with Crippen molar-refractivity contribution in [2.75, 3.05) is 16.3 Å². The van der Waals surface area contributed by atoms with Crippen LogP contribution in [0.2, 0.25) is 0 Å². The van der Waals surface area contributed by atoms with Crippen LogP contribution in [-0.4, -0.2) is 30.8 Å². The molecule has 0 bridgehead atoms. The molecule has 0 aliphatic rings. The first-order chi connectivity index (χ1) is 13.6. The largest absolute Gasteiger partial charge is 0.296 e. The maximum Gasteiger partial charge on any atom is 0.257 e. The second-order valence-electron chi connectivity index (χ2n) is 6.93. The second kappa shape index (κ2) is 7.88. The molecule has 10 heteroatoms. The number of hydrogen-bond acceptors (Lipinski definition) is 6. The van der Waals surface area contributed by atoms with Crippen molar-refractivity contribution in [3.05, 3.63) is 70.5 Å². The summed E-state index contributed by atoms with van der Waals surface area (Å²) in [6, 6.07) is 13.2. The Labute approximate surface area is 172 Å². The van der Waals surface area contributed by atoms with Gasteiger partial charge in [-0.25, -0.2) is 12.8 Å². The predicted molar refractivity (Wildman–Crippen MR) is 111 cm³/mol. The van der Waals surface area contributed by atoms with Crippen molar-refractivity contribution in [1.82, 2.24) is 10.2 Å². The third-order valence-corrected chi connectivity index (χ3v) is 5.95. The summed E-state index contributed by atoms with van der Waals surface area (Å²) in [6.45, 7) is 4.02. The Kier molecular flexibility index (Phi) is 5.67. The molecule has 0 aliphatic carbocycles. The number of aromatic nitrogens is 2. The number of rotatable bonds is 6. The third-order valence-electron chi connectivity index (χ3n) is 4.20. The number of benzene rings is 2. The van der Waals surface area contributed by atoms with Gasteiger partial charge in [0, 0.05) is 11.0 Å². The molecule has 0 spiro atoms. The summed E-state index contributed by atoms with van der Waals surface area (Å²) < 4.78 is 38.5. The summed E-state index contributed by atoms with van der Waals surface area (Å²) in [5.41, 5.74) is 0.439. The zero-order valence-corrected chi connectivity index (χ0v) is 17.6. The molecule has 0 saturated carbocycles. The van der Waals surface area contributed by atoms with Gasteiger partial charge >= 0.3 is 0 Å². The maximum atomic E-state index is 13.8. The molecule has 0 saturated heterocycles. The fraction of sp³-hybridized carbons (Fsp3) is 0.211. The highest BCUT2D eigenvalue weighted by Crippen LogP contribution is 2.34. The normalized spacial score (nSPS) is 11.9. The highest BCUT2D eigenvalue weighted by molar-refractivity contribution is 7.92. The van der Waals surface area contributed by atoms with E-state index in [1.54, 1.807) is 0 Å². The Morgan fingerprint density at radius 1 is 1.10 bits per heavy atom. The number of amides is 1. The van der Waals surface area contributed by atoms with E-state index in [0.29, 0.717) is 0 Å². The molecule has 0 unspecified atom stereocenters. The van der Waals surface area contributed by atoms with Gasteiger partial charge in [0.05, 0.1) is 11.9 Å². The van der Waals surface area contributed by atoms with Crippen LogP contribution in [0.5, 0.6) is 0 Å². The molecule has 0 radical (unpaired) electrons. The number of carbonyl (C=O) groups excluding carboxylic acids is 1. The average molecular weight is 435 g/mol. The zero-order valence-electron chi connectivity index (χ0n) is 15.9. The number of nitrogens with one attached hydrogen (secondary N) is 2. The Hall–Kier alpha value is -2.85. The molecule has 1 amide bonds. The molecule has 7 nitrogen and oxygen atoms in total. The topological polar surface area (TPSA) is 101 Å². The number of sulfonamides is 1. The molecule has 3 rings (SSSR count). The lowest BCUT2D eigenvalue weighted by Gasteiger charge is -2.21. The predicted octanol–water partition coefficient (Wildman–Crippen LogP) is 3.63. The van der Waals surface area contributed by atoms with E-state index in [0.717, 1.165) is 29.0 Å². The van der Waals surface area contributed by atoms with Gasteiger partial charge in [-0.15, -0.1) is 10.2 Å². The summed E-state index contributed by atoms with van der Waals surface area (Å²) in [4.78, 5) is 12.5. The van der Waals surface area contributed by atoms with Crippen molar-refractivity contribution in [2.45, 2.75) is 19.3 Å². The quantitative estimate of drug-likeness (QED) is 0.617. The highest BCUT2D eigenvalue weighted by atomic mass is 32.2. The van der Waals surface area contributed by atoms with Gasteiger partial charge in [-0.2, -0.15) is 0 Å². The number of halogens is 1. The first-order valence-corrected chi connectivity index (χ1v) is 11.3.